The fraction of sp³-hybridized carbons (Fsp3) is 0.900. The van der Waals surface area contributed by atoms with Gasteiger partial charge in [0.05, 0.1) is 0 Å². The number of carbonyl (C=O) groups is 1. The Morgan fingerprint density at radius 1 is 1.38 bits per heavy atom. The zero-order chi connectivity index (χ0) is 16.5. The minimum absolute atomic E-state index is 0.00806. The molecule has 1 atom stereocenters. The summed E-state index contributed by atoms with van der Waals surface area (Å²) >= 11 is 0. The number of carboxylic acids is 1. The Labute approximate surface area is 126 Å². The van der Waals surface area contributed by atoms with Crippen molar-refractivity contribution in [3.8, 4) is 0 Å². The second-order valence-electron chi connectivity index (χ2n) is 4.89. The van der Waals surface area contributed by atoms with E-state index in [9.17, 15) is 14.1 Å². The summed E-state index contributed by atoms with van der Waals surface area (Å²) in [6.45, 7) is -0.00806. The average molecular weight is 324 g/mol. The summed E-state index contributed by atoms with van der Waals surface area (Å²) < 4.78 is 19.7. The number of hydroxylamine groups is 2. The normalized spacial score (nSPS) is 15.9. The van der Waals surface area contributed by atoms with E-state index in [1.165, 1.54) is 5.06 Å². The Balaban J connectivity index is 4.34. The summed E-state index contributed by atoms with van der Waals surface area (Å²) in [4.78, 5) is 11.2. The van der Waals surface area contributed by atoms with Crippen LogP contribution in [0.4, 0.5) is 0 Å². The quantitative estimate of drug-likeness (QED) is 0.170. The molecule has 0 aromatic carbocycles. The summed E-state index contributed by atoms with van der Waals surface area (Å²) in [5.41, 5.74) is 4.33. The zero-order valence-corrected chi connectivity index (χ0v) is 13.1. The first-order valence-electron chi connectivity index (χ1n) is 6.51. The molecule has 21 heavy (non-hydrogen) atoms. The molecule has 0 aromatic rings. The van der Waals surface area contributed by atoms with Crippen molar-refractivity contribution in [2.24, 2.45) is 10.1 Å². The number of carboxylic acid groups (broad SMARTS) is 1. The second-order valence-corrected chi connectivity index (χ2v) is 5.74. The molecule has 0 spiro atoms. The fourth-order valence-electron chi connectivity index (χ4n) is 1.58. The van der Waals surface area contributed by atoms with Gasteiger partial charge in [0.2, 0.25) is 0 Å². The third-order valence-corrected chi connectivity index (χ3v) is 3.55. The van der Waals surface area contributed by atoms with Crippen LogP contribution in [0.5, 0.6) is 0 Å². The van der Waals surface area contributed by atoms with Crippen molar-refractivity contribution >= 4 is 24.0 Å². The lowest BCUT2D eigenvalue weighted by Gasteiger charge is -2.24. The Morgan fingerprint density at radius 3 is 2.48 bits per heavy atom. The van der Waals surface area contributed by atoms with Crippen LogP contribution < -0.4 is 5.73 Å². The van der Waals surface area contributed by atoms with E-state index in [1.54, 1.807) is 14.1 Å². The smallest absolute Gasteiger partial charge is 0.451 e. The van der Waals surface area contributed by atoms with Gasteiger partial charge in [-0.3, -0.25) is 4.79 Å². The van der Waals surface area contributed by atoms with Crippen LogP contribution in [-0.4, -0.2) is 59.5 Å². The monoisotopic (exact) mass is 324 g/mol. The van der Waals surface area contributed by atoms with E-state index in [0.717, 1.165) is 0 Å². The number of aliphatic carboxylic acids is 1. The molecule has 9 nitrogen and oxygen atoms in total. The molecule has 1 unspecified atom stereocenters. The number of hydrogen-bond acceptors (Lipinski definition) is 9. The molecule has 5 N–H and O–H groups in total. The summed E-state index contributed by atoms with van der Waals surface area (Å²) in [6, 6.07) is 0. The molecule has 0 aliphatic carbocycles. The van der Waals surface area contributed by atoms with Gasteiger partial charge in [-0.2, -0.15) is 0 Å². The third-order valence-electron chi connectivity index (χ3n) is 2.73. The molecule has 0 fully saturated rings. The van der Waals surface area contributed by atoms with E-state index < -0.39 is 29.5 Å². The highest BCUT2D eigenvalue weighted by Crippen LogP contribution is 2.17. The summed E-state index contributed by atoms with van der Waals surface area (Å²) in [6.07, 6.45) is 1.26. The van der Waals surface area contributed by atoms with Crippen LogP contribution in [-0.2, 0) is 24.2 Å². The van der Waals surface area contributed by atoms with Crippen LogP contribution in [0.25, 0.3) is 0 Å². The molecule has 0 saturated carbocycles. The zero-order valence-electron chi connectivity index (χ0n) is 12.3. The van der Waals surface area contributed by atoms with Gasteiger partial charge in [-0.1, -0.05) is 12.8 Å². The number of rotatable bonds is 11. The summed E-state index contributed by atoms with van der Waals surface area (Å²) in [5.74, 6) is -1.17. The molecule has 0 aliphatic rings. The van der Waals surface area contributed by atoms with E-state index in [-0.39, 0.29) is 25.7 Å². The van der Waals surface area contributed by atoms with Gasteiger partial charge in [-0.15, -0.1) is 0 Å². The van der Waals surface area contributed by atoms with Crippen LogP contribution in [0.15, 0.2) is 4.36 Å². The minimum atomic E-state index is -1.88. The number of nitrogens with zero attached hydrogens (tertiary/aromatic N) is 2. The van der Waals surface area contributed by atoms with E-state index in [4.69, 9.17) is 20.1 Å². The summed E-state index contributed by atoms with van der Waals surface area (Å²) in [7, 11) is -0.177. The Bertz CT molecular complexity index is 402. The lowest BCUT2D eigenvalue weighted by Crippen LogP contribution is -2.48. The second kappa shape index (κ2) is 10.1. The predicted molar refractivity (Wildman–Crippen MR) is 78.1 cm³/mol. The van der Waals surface area contributed by atoms with E-state index in [1.807, 2.05) is 0 Å². The fourth-order valence-corrected chi connectivity index (χ4v) is 2.12. The maximum absolute atomic E-state index is 11.3. The molecule has 0 radical (unpaired) electrons. The first-order valence-corrected chi connectivity index (χ1v) is 7.54. The van der Waals surface area contributed by atoms with Gasteiger partial charge in [0.1, 0.15) is 5.54 Å². The average Bonchev–Trinajstić information content (AvgIpc) is 2.33. The number of unbranched alkanes of at least 4 members (excludes halogenated alkanes) is 1. The van der Waals surface area contributed by atoms with Gasteiger partial charge in [0.15, 0.2) is 0 Å². The highest BCUT2D eigenvalue weighted by atomic mass is 32.2. The van der Waals surface area contributed by atoms with Crippen molar-refractivity contribution in [2.45, 2.75) is 37.5 Å². The first-order chi connectivity index (χ1) is 9.67. The van der Waals surface area contributed by atoms with Crippen molar-refractivity contribution in [1.82, 2.24) is 5.06 Å². The maximum atomic E-state index is 11.3. The maximum Gasteiger partial charge on any atom is 0.451 e. The molecule has 0 aliphatic heterocycles. The highest BCUT2D eigenvalue weighted by molar-refractivity contribution is 7.69. The number of nitrogens with two attached hydrogens (primary N) is 1. The molecule has 124 valence electrons. The van der Waals surface area contributed by atoms with Crippen LogP contribution >= 0.6 is 0 Å². The van der Waals surface area contributed by atoms with Crippen LogP contribution in [0, 0.1) is 0 Å². The SMILES string of the molecule is CN(C)O[S-](=O)=NCCC(N)(CCCCB(O)O)C(=O)O. The highest BCUT2D eigenvalue weighted by Gasteiger charge is 2.32. The van der Waals surface area contributed by atoms with Gasteiger partial charge < -0.3 is 33.7 Å². The largest absolute Gasteiger partial charge is 0.480 e. The predicted octanol–water partition coefficient (Wildman–Crippen LogP) is -0.643. The Hall–Kier alpha value is -0.715. The Morgan fingerprint density at radius 2 is 2.00 bits per heavy atom. The van der Waals surface area contributed by atoms with Gasteiger partial charge in [0, 0.05) is 20.6 Å². The van der Waals surface area contributed by atoms with Crippen molar-refractivity contribution < 1.29 is 28.4 Å². The lowest BCUT2D eigenvalue weighted by atomic mass is 9.81. The van der Waals surface area contributed by atoms with Gasteiger partial charge in [0.25, 0.3) is 0 Å². The van der Waals surface area contributed by atoms with E-state index in [0.29, 0.717) is 12.8 Å². The molecule has 0 amide bonds. The topological polar surface area (TPSA) is 146 Å². The molecular formula is C10H23BN3O6S-. The summed E-state index contributed by atoms with van der Waals surface area (Å²) in [5, 5.41) is 27.8. The first kappa shape index (κ1) is 20.3. The molecule has 0 saturated heterocycles. The number of hydrogen-bond donors (Lipinski definition) is 4. The molecular weight excluding hydrogens is 301 g/mol. The van der Waals surface area contributed by atoms with Gasteiger partial charge >= 0.3 is 13.1 Å². The molecule has 0 heterocycles. The Kier molecular flexibility index (Phi) is 9.74. The van der Waals surface area contributed by atoms with Crippen molar-refractivity contribution in [2.75, 3.05) is 20.6 Å². The van der Waals surface area contributed by atoms with Crippen molar-refractivity contribution in [1.29, 1.82) is 0 Å². The van der Waals surface area contributed by atoms with Gasteiger partial charge in [-0.05, 0) is 30.0 Å². The van der Waals surface area contributed by atoms with Crippen LogP contribution in [0.2, 0.25) is 6.32 Å². The van der Waals surface area contributed by atoms with E-state index in [2.05, 4.69) is 4.36 Å². The molecule has 0 aromatic heterocycles. The van der Waals surface area contributed by atoms with Crippen molar-refractivity contribution in [3.05, 3.63) is 0 Å². The van der Waals surface area contributed by atoms with Gasteiger partial charge in [-0.25, -0.2) is 5.06 Å². The van der Waals surface area contributed by atoms with E-state index >= 15 is 0 Å². The van der Waals surface area contributed by atoms with Crippen LogP contribution in [0.3, 0.4) is 0 Å². The van der Waals surface area contributed by atoms with Crippen molar-refractivity contribution in [3.63, 3.8) is 0 Å². The standard InChI is InChI=1S/C10H23BN3O6S/c1-14(2)20-21(19)13-8-6-10(12,9(15)16)5-3-4-7-11(17)18/h17-18H,3-8,12H2,1-2H3,(H,15,16)/q-1. The molecule has 0 rings (SSSR count). The van der Waals surface area contributed by atoms with Crippen LogP contribution in [0.1, 0.15) is 25.7 Å². The third kappa shape index (κ3) is 9.77. The molecule has 0 bridgehead atoms. The minimum Gasteiger partial charge on any atom is -0.480 e. The molecule has 11 heteroatoms. The lowest BCUT2D eigenvalue weighted by molar-refractivity contribution is -0.143.